The molecule has 0 saturated carbocycles. The Hall–Kier alpha value is -3.32. The molecule has 150 valence electrons. The van der Waals surface area contributed by atoms with Gasteiger partial charge in [-0.25, -0.2) is 0 Å². The van der Waals surface area contributed by atoms with Crippen molar-refractivity contribution in [2.45, 2.75) is 11.6 Å². The summed E-state index contributed by atoms with van der Waals surface area (Å²) in [7, 11) is 0. The Morgan fingerprint density at radius 1 is 1.10 bits per heavy atom. The molecule has 1 amide bonds. The number of nitrogens with one attached hydrogen (secondary N) is 1. The van der Waals surface area contributed by atoms with Gasteiger partial charge in [-0.15, -0.1) is 10.2 Å². The molecule has 0 aliphatic carbocycles. The van der Waals surface area contributed by atoms with Crippen molar-refractivity contribution in [1.82, 2.24) is 20.1 Å². The highest BCUT2D eigenvalue weighted by Gasteiger charge is 2.20. The SMILES string of the molecule is O=C(CSc1nnc(-c2c[nH]c3ccccc23)o1)N1CC=C(c2ccccc2)CC1. The molecule has 2 aromatic heterocycles. The molecule has 1 aliphatic rings. The molecule has 0 fully saturated rings. The average molecular weight is 417 g/mol. The number of hydrogen-bond acceptors (Lipinski definition) is 5. The molecule has 4 aromatic rings. The number of aromatic nitrogens is 3. The van der Waals surface area contributed by atoms with Gasteiger partial charge in [0, 0.05) is 30.2 Å². The Balaban J connectivity index is 1.20. The maximum absolute atomic E-state index is 12.6. The van der Waals surface area contributed by atoms with Gasteiger partial charge in [0.25, 0.3) is 11.1 Å². The third-order valence-corrected chi connectivity index (χ3v) is 6.05. The van der Waals surface area contributed by atoms with Crippen molar-refractivity contribution >= 4 is 34.1 Å². The number of H-pyrrole nitrogens is 1. The normalized spacial score (nSPS) is 14.1. The molecule has 0 atom stereocenters. The third-order valence-electron chi connectivity index (χ3n) is 5.25. The molecule has 0 spiro atoms. The van der Waals surface area contributed by atoms with Crippen LogP contribution in [0.4, 0.5) is 0 Å². The highest BCUT2D eigenvalue weighted by Crippen LogP contribution is 2.30. The second-order valence-corrected chi connectivity index (χ2v) is 8.02. The van der Waals surface area contributed by atoms with Crippen molar-refractivity contribution < 1.29 is 9.21 Å². The van der Waals surface area contributed by atoms with Gasteiger partial charge < -0.3 is 14.3 Å². The molecule has 0 radical (unpaired) electrons. The van der Waals surface area contributed by atoms with E-state index in [9.17, 15) is 4.79 Å². The first kappa shape index (κ1) is 18.7. The van der Waals surface area contributed by atoms with Gasteiger partial charge in [-0.05, 0) is 23.6 Å². The number of nitrogens with zero attached hydrogens (tertiary/aromatic N) is 3. The van der Waals surface area contributed by atoms with Gasteiger partial charge in [-0.3, -0.25) is 4.79 Å². The number of carbonyl (C=O) groups excluding carboxylic acids is 1. The first-order valence-corrected chi connectivity index (χ1v) is 10.8. The lowest BCUT2D eigenvalue weighted by Crippen LogP contribution is -2.35. The number of thioether (sulfide) groups is 1. The predicted molar refractivity (Wildman–Crippen MR) is 118 cm³/mol. The van der Waals surface area contributed by atoms with Crippen LogP contribution in [-0.4, -0.2) is 44.8 Å². The van der Waals surface area contributed by atoms with E-state index < -0.39 is 0 Å². The van der Waals surface area contributed by atoms with Gasteiger partial charge in [0.2, 0.25) is 5.91 Å². The largest absolute Gasteiger partial charge is 0.411 e. The van der Waals surface area contributed by atoms with Crippen molar-refractivity contribution in [2.24, 2.45) is 0 Å². The summed E-state index contributed by atoms with van der Waals surface area (Å²) in [4.78, 5) is 17.7. The maximum Gasteiger partial charge on any atom is 0.277 e. The van der Waals surface area contributed by atoms with Crippen LogP contribution in [0.25, 0.3) is 27.9 Å². The van der Waals surface area contributed by atoms with E-state index in [2.05, 4.69) is 33.4 Å². The van der Waals surface area contributed by atoms with Crippen molar-refractivity contribution in [3.63, 3.8) is 0 Å². The fourth-order valence-electron chi connectivity index (χ4n) is 3.65. The van der Waals surface area contributed by atoms with Crippen LogP contribution < -0.4 is 0 Å². The summed E-state index contributed by atoms with van der Waals surface area (Å²) in [6, 6.07) is 18.3. The number of carbonyl (C=O) groups is 1. The number of para-hydroxylation sites is 1. The van der Waals surface area contributed by atoms with Gasteiger partial charge in [0.05, 0.1) is 11.3 Å². The zero-order valence-corrected chi connectivity index (χ0v) is 17.1. The summed E-state index contributed by atoms with van der Waals surface area (Å²) < 4.78 is 5.79. The summed E-state index contributed by atoms with van der Waals surface area (Å²) in [5.41, 5.74) is 4.41. The molecule has 0 unspecified atom stereocenters. The van der Waals surface area contributed by atoms with E-state index in [0.29, 0.717) is 17.7 Å². The van der Waals surface area contributed by atoms with Gasteiger partial charge >= 0.3 is 0 Å². The molecule has 7 heteroatoms. The first-order valence-electron chi connectivity index (χ1n) is 9.83. The summed E-state index contributed by atoms with van der Waals surface area (Å²) in [5.74, 6) is 0.815. The van der Waals surface area contributed by atoms with E-state index >= 15 is 0 Å². The van der Waals surface area contributed by atoms with Crippen molar-refractivity contribution in [3.05, 3.63) is 72.4 Å². The maximum atomic E-state index is 12.6. The molecular formula is C23H20N4O2S. The van der Waals surface area contributed by atoms with E-state index in [4.69, 9.17) is 4.42 Å². The van der Waals surface area contributed by atoms with Crippen LogP contribution in [-0.2, 0) is 4.79 Å². The quantitative estimate of drug-likeness (QED) is 0.480. The van der Waals surface area contributed by atoms with E-state index in [0.717, 1.165) is 29.4 Å². The Morgan fingerprint density at radius 2 is 1.93 bits per heavy atom. The van der Waals surface area contributed by atoms with E-state index in [-0.39, 0.29) is 11.7 Å². The number of rotatable bonds is 5. The van der Waals surface area contributed by atoms with E-state index in [1.54, 1.807) is 0 Å². The zero-order valence-electron chi connectivity index (χ0n) is 16.2. The number of amides is 1. The fourth-order valence-corrected chi connectivity index (χ4v) is 4.32. The van der Waals surface area contributed by atoms with Crippen molar-refractivity contribution in [2.75, 3.05) is 18.8 Å². The van der Waals surface area contributed by atoms with Crippen LogP contribution in [0.3, 0.4) is 0 Å². The highest BCUT2D eigenvalue weighted by atomic mass is 32.2. The molecule has 5 rings (SSSR count). The lowest BCUT2D eigenvalue weighted by Gasteiger charge is -2.26. The van der Waals surface area contributed by atoms with Crippen LogP contribution in [0.15, 0.2) is 76.5 Å². The van der Waals surface area contributed by atoms with Gasteiger partial charge in [0.15, 0.2) is 0 Å². The number of benzene rings is 2. The minimum atomic E-state index is 0.0789. The monoisotopic (exact) mass is 416 g/mol. The van der Waals surface area contributed by atoms with Gasteiger partial charge in [-0.2, -0.15) is 0 Å². The zero-order chi connectivity index (χ0) is 20.3. The van der Waals surface area contributed by atoms with Crippen LogP contribution in [0.5, 0.6) is 0 Å². The Morgan fingerprint density at radius 3 is 2.77 bits per heavy atom. The topological polar surface area (TPSA) is 75.0 Å². The lowest BCUT2D eigenvalue weighted by molar-refractivity contribution is -0.127. The average Bonchev–Trinajstić information content (AvgIpc) is 3.45. The molecule has 3 heterocycles. The Labute approximate surface area is 178 Å². The highest BCUT2D eigenvalue weighted by molar-refractivity contribution is 7.99. The van der Waals surface area contributed by atoms with E-state index in [1.807, 2.05) is 53.6 Å². The second kappa shape index (κ2) is 8.20. The summed E-state index contributed by atoms with van der Waals surface area (Å²) in [6.45, 7) is 1.36. The molecule has 1 N–H and O–H groups in total. The van der Waals surface area contributed by atoms with Crippen LogP contribution in [0.2, 0.25) is 0 Å². The van der Waals surface area contributed by atoms with Crippen LogP contribution in [0, 0.1) is 0 Å². The van der Waals surface area contributed by atoms with Gasteiger partial charge in [-0.1, -0.05) is 66.4 Å². The lowest BCUT2D eigenvalue weighted by atomic mass is 10.00. The molecule has 1 aliphatic heterocycles. The summed E-state index contributed by atoms with van der Waals surface area (Å²) in [6.07, 6.45) is 4.87. The third kappa shape index (κ3) is 3.76. The molecule has 2 aromatic carbocycles. The smallest absolute Gasteiger partial charge is 0.277 e. The Bertz CT molecular complexity index is 1210. The van der Waals surface area contributed by atoms with Crippen LogP contribution in [0.1, 0.15) is 12.0 Å². The second-order valence-electron chi connectivity index (χ2n) is 7.09. The number of hydrogen-bond donors (Lipinski definition) is 1. The molecule has 30 heavy (non-hydrogen) atoms. The van der Waals surface area contributed by atoms with Crippen LogP contribution >= 0.6 is 11.8 Å². The molecule has 6 nitrogen and oxygen atoms in total. The van der Waals surface area contributed by atoms with Crippen molar-refractivity contribution in [3.8, 4) is 11.5 Å². The summed E-state index contributed by atoms with van der Waals surface area (Å²) in [5, 5.41) is 9.68. The molecule has 0 saturated heterocycles. The molecular weight excluding hydrogens is 396 g/mol. The first-order chi connectivity index (χ1) is 14.8. The standard InChI is InChI=1S/C23H20N4O2S/c28-21(27-12-10-17(11-13-27)16-6-2-1-3-7-16)15-30-23-26-25-22(29-23)19-14-24-20-9-5-4-8-18(19)20/h1-10,14,24H,11-13,15H2. The number of fused-ring (bicyclic) bond motifs is 1. The van der Waals surface area contributed by atoms with Gasteiger partial charge in [0.1, 0.15) is 0 Å². The molecule has 0 bridgehead atoms. The summed E-state index contributed by atoms with van der Waals surface area (Å²) >= 11 is 1.28. The predicted octanol–water partition coefficient (Wildman–Crippen LogP) is 4.63. The van der Waals surface area contributed by atoms with E-state index in [1.165, 1.54) is 22.9 Å². The minimum absolute atomic E-state index is 0.0789. The number of aromatic amines is 1. The Kier molecular flexibility index (Phi) is 5.11. The minimum Gasteiger partial charge on any atom is -0.411 e. The van der Waals surface area contributed by atoms with Crippen molar-refractivity contribution in [1.29, 1.82) is 0 Å². The fraction of sp³-hybridized carbons (Fsp3) is 0.174.